The van der Waals surface area contributed by atoms with E-state index in [1.54, 1.807) is 6.08 Å². The average molecular weight is 393 g/mol. The third-order valence-corrected chi connectivity index (χ3v) is 4.12. The van der Waals surface area contributed by atoms with Gasteiger partial charge in [0.05, 0.1) is 6.04 Å². The standard InChI is InChI=1S/C17H16INO2/c18-15-10-8-14(21-15)9-11-16(20)19-17(13-6-7-13)12-4-2-1-3-5-12/h1-5,8-11,13,17H,6-7H2,(H,19,20)/b11-9+. The summed E-state index contributed by atoms with van der Waals surface area (Å²) in [5.41, 5.74) is 1.18. The molecule has 1 atom stereocenters. The fraction of sp³-hybridized carbons (Fsp3) is 0.235. The van der Waals surface area contributed by atoms with Crippen LogP contribution in [0.1, 0.15) is 30.2 Å². The smallest absolute Gasteiger partial charge is 0.244 e. The molecule has 1 heterocycles. The predicted octanol–water partition coefficient (Wildman–Crippen LogP) is 4.16. The Labute approximate surface area is 137 Å². The molecule has 1 aliphatic carbocycles. The van der Waals surface area contributed by atoms with Gasteiger partial charge in [0.15, 0.2) is 3.77 Å². The molecule has 4 heteroatoms. The molecule has 0 spiro atoms. The minimum atomic E-state index is -0.0813. The number of hydrogen-bond acceptors (Lipinski definition) is 2. The van der Waals surface area contributed by atoms with Crippen molar-refractivity contribution < 1.29 is 9.21 Å². The maximum Gasteiger partial charge on any atom is 0.244 e. The molecular weight excluding hydrogens is 377 g/mol. The van der Waals surface area contributed by atoms with Crippen molar-refractivity contribution in [2.75, 3.05) is 0 Å². The van der Waals surface area contributed by atoms with Crippen molar-refractivity contribution in [3.8, 4) is 0 Å². The number of carbonyl (C=O) groups is 1. The second-order valence-electron chi connectivity index (χ2n) is 5.21. The first-order chi connectivity index (χ1) is 10.2. The van der Waals surface area contributed by atoms with Crippen LogP contribution in [0.25, 0.3) is 6.08 Å². The van der Waals surface area contributed by atoms with Crippen molar-refractivity contribution in [3.05, 3.63) is 63.6 Å². The van der Waals surface area contributed by atoms with E-state index in [1.165, 1.54) is 24.5 Å². The summed E-state index contributed by atoms with van der Waals surface area (Å²) in [6.45, 7) is 0. The Bertz CT molecular complexity index is 644. The minimum Gasteiger partial charge on any atom is -0.451 e. The highest BCUT2D eigenvalue weighted by atomic mass is 127. The summed E-state index contributed by atoms with van der Waals surface area (Å²) in [5.74, 6) is 1.17. The van der Waals surface area contributed by atoms with Gasteiger partial charge < -0.3 is 9.73 Å². The molecule has 1 N–H and O–H groups in total. The van der Waals surface area contributed by atoms with Crippen LogP contribution in [0.15, 0.2) is 53.0 Å². The molecule has 0 aliphatic heterocycles. The van der Waals surface area contributed by atoms with Crippen LogP contribution in [0.3, 0.4) is 0 Å². The number of furan rings is 1. The first-order valence-electron chi connectivity index (χ1n) is 7.01. The summed E-state index contributed by atoms with van der Waals surface area (Å²) >= 11 is 2.10. The monoisotopic (exact) mass is 393 g/mol. The van der Waals surface area contributed by atoms with E-state index in [1.807, 2.05) is 30.3 Å². The lowest BCUT2D eigenvalue weighted by atomic mass is 10.0. The Balaban J connectivity index is 1.66. The van der Waals surface area contributed by atoms with Gasteiger partial charge in [-0.25, -0.2) is 0 Å². The van der Waals surface area contributed by atoms with Crippen LogP contribution in [0.4, 0.5) is 0 Å². The molecule has 1 saturated carbocycles. The third-order valence-electron chi connectivity index (χ3n) is 3.54. The third kappa shape index (κ3) is 3.97. The van der Waals surface area contributed by atoms with Crippen molar-refractivity contribution in [2.24, 2.45) is 5.92 Å². The van der Waals surface area contributed by atoms with Crippen molar-refractivity contribution in [1.82, 2.24) is 5.32 Å². The van der Waals surface area contributed by atoms with Gasteiger partial charge in [-0.15, -0.1) is 0 Å². The maximum absolute atomic E-state index is 12.1. The number of nitrogens with one attached hydrogen (secondary N) is 1. The molecule has 1 aliphatic rings. The highest BCUT2D eigenvalue weighted by Crippen LogP contribution is 2.40. The molecule has 3 rings (SSSR count). The molecule has 1 fully saturated rings. The van der Waals surface area contributed by atoms with Gasteiger partial charge >= 0.3 is 0 Å². The van der Waals surface area contributed by atoms with Crippen LogP contribution in [-0.4, -0.2) is 5.91 Å². The van der Waals surface area contributed by atoms with Gasteiger partial charge in [-0.3, -0.25) is 4.79 Å². The normalized spacial score (nSPS) is 16.0. The lowest BCUT2D eigenvalue weighted by Gasteiger charge is -2.17. The van der Waals surface area contributed by atoms with Crippen molar-refractivity contribution in [1.29, 1.82) is 0 Å². The van der Waals surface area contributed by atoms with Gasteiger partial charge in [-0.2, -0.15) is 0 Å². The van der Waals surface area contributed by atoms with E-state index in [9.17, 15) is 4.79 Å². The first kappa shape index (κ1) is 14.4. The maximum atomic E-state index is 12.1. The van der Waals surface area contributed by atoms with Crippen molar-refractivity contribution >= 4 is 34.6 Å². The number of benzene rings is 1. The molecule has 1 amide bonds. The number of amides is 1. The molecule has 0 bridgehead atoms. The summed E-state index contributed by atoms with van der Waals surface area (Å²) in [7, 11) is 0. The molecule has 2 aromatic rings. The first-order valence-corrected chi connectivity index (χ1v) is 8.09. The van der Waals surface area contributed by atoms with E-state index in [0.717, 1.165) is 3.77 Å². The number of carbonyl (C=O) groups excluding carboxylic acids is 1. The van der Waals surface area contributed by atoms with Crippen molar-refractivity contribution in [3.63, 3.8) is 0 Å². The van der Waals surface area contributed by atoms with E-state index in [4.69, 9.17) is 4.42 Å². The largest absolute Gasteiger partial charge is 0.451 e. The molecule has 3 nitrogen and oxygen atoms in total. The zero-order valence-corrected chi connectivity index (χ0v) is 13.6. The molecule has 1 unspecified atom stereocenters. The summed E-state index contributed by atoms with van der Waals surface area (Å²) < 4.78 is 6.22. The fourth-order valence-electron chi connectivity index (χ4n) is 2.34. The zero-order chi connectivity index (χ0) is 14.7. The second-order valence-corrected chi connectivity index (χ2v) is 6.27. The summed E-state index contributed by atoms with van der Waals surface area (Å²) in [4.78, 5) is 12.1. The number of halogens is 1. The summed E-state index contributed by atoms with van der Waals surface area (Å²) in [6, 6.07) is 14.0. The van der Waals surface area contributed by atoms with E-state index >= 15 is 0 Å². The molecule has 21 heavy (non-hydrogen) atoms. The van der Waals surface area contributed by atoms with E-state index < -0.39 is 0 Å². The molecular formula is C17H16INO2. The van der Waals surface area contributed by atoms with Gasteiger partial charge in [0, 0.05) is 6.08 Å². The second kappa shape index (κ2) is 6.47. The van der Waals surface area contributed by atoms with E-state index in [0.29, 0.717) is 11.7 Å². The summed E-state index contributed by atoms with van der Waals surface area (Å²) in [5, 5.41) is 3.10. The molecule has 1 aromatic heterocycles. The zero-order valence-electron chi connectivity index (χ0n) is 11.5. The van der Waals surface area contributed by atoms with E-state index in [-0.39, 0.29) is 11.9 Å². The van der Waals surface area contributed by atoms with Crippen LogP contribution in [0.2, 0.25) is 0 Å². The van der Waals surface area contributed by atoms with Gasteiger partial charge in [0.1, 0.15) is 5.76 Å². The van der Waals surface area contributed by atoms with Gasteiger partial charge in [-0.1, -0.05) is 30.3 Å². The lowest BCUT2D eigenvalue weighted by Crippen LogP contribution is -2.28. The molecule has 0 radical (unpaired) electrons. The average Bonchev–Trinajstić information content (AvgIpc) is 3.26. The fourth-order valence-corrected chi connectivity index (χ4v) is 2.77. The Morgan fingerprint density at radius 3 is 2.62 bits per heavy atom. The topological polar surface area (TPSA) is 42.2 Å². The molecule has 0 saturated heterocycles. The van der Waals surface area contributed by atoms with Gasteiger partial charge in [0.2, 0.25) is 5.91 Å². The Kier molecular flexibility index (Phi) is 4.43. The van der Waals surface area contributed by atoms with Crippen molar-refractivity contribution in [2.45, 2.75) is 18.9 Å². The van der Waals surface area contributed by atoms with Gasteiger partial charge in [0.25, 0.3) is 0 Å². The number of rotatable bonds is 5. The molecule has 108 valence electrons. The van der Waals surface area contributed by atoms with E-state index in [2.05, 4.69) is 40.0 Å². The van der Waals surface area contributed by atoms with Gasteiger partial charge in [-0.05, 0) is 65.1 Å². The van der Waals surface area contributed by atoms with Crippen LogP contribution in [0.5, 0.6) is 0 Å². The Morgan fingerprint density at radius 2 is 2.00 bits per heavy atom. The van der Waals surface area contributed by atoms with Crippen LogP contribution in [0, 0.1) is 9.68 Å². The highest BCUT2D eigenvalue weighted by molar-refractivity contribution is 14.1. The Morgan fingerprint density at radius 1 is 1.24 bits per heavy atom. The Hall–Kier alpha value is -1.56. The van der Waals surface area contributed by atoms with Crippen LogP contribution in [-0.2, 0) is 4.79 Å². The SMILES string of the molecule is O=C(/C=C/c1ccc(I)o1)NC(c1ccccc1)C1CC1. The van der Waals surface area contributed by atoms with Crippen LogP contribution < -0.4 is 5.32 Å². The van der Waals surface area contributed by atoms with Crippen LogP contribution >= 0.6 is 22.6 Å². The highest BCUT2D eigenvalue weighted by Gasteiger charge is 2.32. The number of hydrogen-bond donors (Lipinski definition) is 1. The predicted molar refractivity (Wildman–Crippen MR) is 90.5 cm³/mol. The quantitative estimate of drug-likeness (QED) is 0.612. The summed E-state index contributed by atoms with van der Waals surface area (Å²) in [6.07, 6.45) is 5.60. The lowest BCUT2D eigenvalue weighted by molar-refractivity contribution is -0.117. The molecule has 1 aromatic carbocycles. The minimum absolute atomic E-state index is 0.0813.